The van der Waals surface area contributed by atoms with Crippen molar-refractivity contribution in [1.82, 2.24) is 0 Å². The Hall–Kier alpha value is -1.22. The molecule has 1 aromatic rings. The SMILES string of the molecule is C=C(CC(=C)C(F)(F)F)c1ccccc1Cl. The van der Waals surface area contributed by atoms with Crippen LogP contribution in [0.3, 0.4) is 0 Å². The van der Waals surface area contributed by atoms with Gasteiger partial charge in [0, 0.05) is 17.0 Å². The fourth-order valence-electron chi connectivity index (χ4n) is 1.20. The van der Waals surface area contributed by atoms with E-state index in [1.807, 2.05) is 0 Å². The number of allylic oxidation sites excluding steroid dienone is 2. The molecule has 1 rings (SSSR count). The minimum absolute atomic E-state index is 0.313. The maximum Gasteiger partial charge on any atom is 0.412 e. The lowest BCUT2D eigenvalue weighted by molar-refractivity contribution is -0.0922. The van der Waals surface area contributed by atoms with Crippen LogP contribution in [0.15, 0.2) is 43.0 Å². The van der Waals surface area contributed by atoms with Crippen molar-refractivity contribution >= 4 is 17.2 Å². The van der Waals surface area contributed by atoms with E-state index in [-0.39, 0.29) is 6.42 Å². The third kappa shape index (κ3) is 3.14. The molecule has 0 fully saturated rings. The fourth-order valence-corrected chi connectivity index (χ4v) is 1.47. The van der Waals surface area contributed by atoms with Gasteiger partial charge >= 0.3 is 6.18 Å². The summed E-state index contributed by atoms with van der Waals surface area (Å²) < 4.78 is 36.8. The van der Waals surface area contributed by atoms with E-state index in [2.05, 4.69) is 13.2 Å². The molecule has 0 N–H and O–H groups in total. The molecule has 0 aliphatic rings. The summed E-state index contributed by atoms with van der Waals surface area (Å²) in [5, 5.41) is 0.391. The van der Waals surface area contributed by atoms with Gasteiger partial charge in [0.2, 0.25) is 0 Å². The molecule has 0 amide bonds. The highest BCUT2D eigenvalue weighted by Gasteiger charge is 2.31. The lowest BCUT2D eigenvalue weighted by atomic mass is 10.0. The summed E-state index contributed by atoms with van der Waals surface area (Å²) in [5.41, 5.74) is 0.0138. The molecule has 0 aromatic heterocycles. The second-order valence-corrected chi connectivity index (χ2v) is 3.77. The van der Waals surface area contributed by atoms with Crippen LogP contribution in [0.4, 0.5) is 13.2 Å². The molecule has 0 aliphatic heterocycles. The zero-order valence-corrected chi connectivity index (χ0v) is 9.20. The monoisotopic (exact) mass is 246 g/mol. The Balaban J connectivity index is 2.82. The zero-order chi connectivity index (χ0) is 12.3. The van der Waals surface area contributed by atoms with E-state index in [1.165, 1.54) is 0 Å². The number of hydrogen-bond donors (Lipinski definition) is 0. The topological polar surface area (TPSA) is 0 Å². The lowest BCUT2D eigenvalue weighted by Crippen LogP contribution is -2.10. The van der Waals surface area contributed by atoms with Gasteiger partial charge in [-0.1, -0.05) is 43.0 Å². The number of hydrogen-bond acceptors (Lipinski definition) is 0. The van der Waals surface area contributed by atoms with Crippen molar-refractivity contribution in [3.05, 3.63) is 53.6 Å². The van der Waals surface area contributed by atoms with Gasteiger partial charge in [-0.15, -0.1) is 0 Å². The number of benzene rings is 1. The molecular weight excluding hydrogens is 237 g/mol. The Kier molecular flexibility index (Phi) is 3.81. The van der Waals surface area contributed by atoms with Crippen LogP contribution >= 0.6 is 11.6 Å². The largest absolute Gasteiger partial charge is 0.412 e. The minimum Gasteiger partial charge on any atom is -0.166 e. The van der Waals surface area contributed by atoms with E-state index in [4.69, 9.17) is 11.6 Å². The first-order valence-corrected chi connectivity index (χ1v) is 4.88. The van der Waals surface area contributed by atoms with E-state index in [1.54, 1.807) is 24.3 Å². The molecule has 4 heteroatoms. The van der Waals surface area contributed by atoms with Crippen LogP contribution in [0.2, 0.25) is 5.02 Å². The highest BCUT2D eigenvalue weighted by Crippen LogP contribution is 2.33. The average molecular weight is 247 g/mol. The summed E-state index contributed by atoms with van der Waals surface area (Å²) in [4.78, 5) is 0. The van der Waals surface area contributed by atoms with Crippen LogP contribution in [0, 0.1) is 0 Å². The third-order valence-electron chi connectivity index (χ3n) is 2.08. The molecule has 86 valence electrons. The molecule has 0 heterocycles. The smallest absolute Gasteiger partial charge is 0.166 e. The van der Waals surface area contributed by atoms with E-state index in [0.29, 0.717) is 16.2 Å². The highest BCUT2D eigenvalue weighted by atomic mass is 35.5. The van der Waals surface area contributed by atoms with Gasteiger partial charge in [0.05, 0.1) is 0 Å². The van der Waals surface area contributed by atoms with Crippen molar-refractivity contribution in [3.8, 4) is 0 Å². The maximum absolute atomic E-state index is 12.3. The lowest BCUT2D eigenvalue weighted by Gasteiger charge is -2.12. The minimum atomic E-state index is -4.38. The Morgan fingerprint density at radius 1 is 1.19 bits per heavy atom. The van der Waals surface area contributed by atoms with E-state index >= 15 is 0 Å². The second kappa shape index (κ2) is 4.74. The summed E-state index contributed by atoms with van der Waals surface area (Å²) in [7, 11) is 0. The van der Waals surface area contributed by atoms with Crippen molar-refractivity contribution in [1.29, 1.82) is 0 Å². The van der Waals surface area contributed by atoms with Gasteiger partial charge in [0.1, 0.15) is 0 Å². The van der Waals surface area contributed by atoms with Crippen molar-refractivity contribution in [2.24, 2.45) is 0 Å². The van der Waals surface area contributed by atoms with Crippen LogP contribution in [0.25, 0.3) is 5.57 Å². The predicted octanol–water partition coefficient (Wildman–Crippen LogP) is 4.86. The molecule has 16 heavy (non-hydrogen) atoms. The van der Waals surface area contributed by atoms with Crippen molar-refractivity contribution < 1.29 is 13.2 Å². The normalized spacial score (nSPS) is 11.2. The van der Waals surface area contributed by atoms with Gasteiger partial charge in [0.25, 0.3) is 0 Å². The third-order valence-corrected chi connectivity index (χ3v) is 2.41. The van der Waals surface area contributed by atoms with E-state index in [9.17, 15) is 13.2 Å². The van der Waals surface area contributed by atoms with Gasteiger partial charge < -0.3 is 0 Å². The molecule has 0 spiro atoms. The molecule has 0 saturated carbocycles. The van der Waals surface area contributed by atoms with E-state index in [0.717, 1.165) is 0 Å². The van der Waals surface area contributed by atoms with Crippen molar-refractivity contribution in [2.75, 3.05) is 0 Å². The molecule has 0 saturated heterocycles. The van der Waals surface area contributed by atoms with Crippen LogP contribution in [-0.4, -0.2) is 6.18 Å². The predicted molar refractivity (Wildman–Crippen MR) is 60.3 cm³/mol. The number of alkyl halides is 3. The number of halogens is 4. The molecule has 0 atom stereocenters. The first-order valence-electron chi connectivity index (χ1n) is 4.50. The second-order valence-electron chi connectivity index (χ2n) is 3.36. The summed E-state index contributed by atoms with van der Waals surface area (Å²) >= 11 is 5.85. The van der Waals surface area contributed by atoms with Crippen LogP contribution in [-0.2, 0) is 0 Å². The fraction of sp³-hybridized carbons (Fsp3) is 0.167. The summed E-state index contributed by atoms with van der Waals surface area (Å²) in [6.45, 7) is 6.59. The molecule has 1 aromatic carbocycles. The molecule has 0 unspecified atom stereocenters. The summed E-state index contributed by atoms with van der Waals surface area (Å²) in [6, 6.07) is 6.65. The van der Waals surface area contributed by atoms with Gasteiger partial charge in [-0.05, 0) is 17.2 Å². The molecule has 0 bridgehead atoms. The first kappa shape index (κ1) is 12.8. The summed E-state index contributed by atoms with van der Waals surface area (Å²) in [5.74, 6) is 0. The van der Waals surface area contributed by atoms with Gasteiger partial charge in [0.15, 0.2) is 0 Å². The van der Waals surface area contributed by atoms with Gasteiger partial charge in [-0.3, -0.25) is 0 Å². The standard InChI is InChI=1S/C12H10ClF3/c1-8(7-9(2)12(14,15)16)10-5-3-4-6-11(10)13/h3-6H,1-2,7H2. The highest BCUT2D eigenvalue weighted by molar-refractivity contribution is 6.32. The Labute approximate surface area is 97.0 Å². The molecular formula is C12H10ClF3. The van der Waals surface area contributed by atoms with Gasteiger partial charge in [-0.25, -0.2) is 0 Å². The zero-order valence-electron chi connectivity index (χ0n) is 8.44. The van der Waals surface area contributed by atoms with Crippen molar-refractivity contribution in [2.45, 2.75) is 12.6 Å². The van der Waals surface area contributed by atoms with E-state index < -0.39 is 11.7 Å². The Bertz CT molecular complexity index is 419. The average Bonchev–Trinajstić information content (AvgIpc) is 2.16. The van der Waals surface area contributed by atoms with Crippen LogP contribution in [0.5, 0.6) is 0 Å². The van der Waals surface area contributed by atoms with Gasteiger partial charge in [-0.2, -0.15) is 13.2 Å². The quantitative estimate of drug-likeness (QED) is 0.668. The summed E-state index contributed by atoms with van der Waals surface area (Å²) in [6.07, 6.45) is -4.71. The Morgan fingerprint density at radius 2 is 1.75 bits per heavy atom. The molecule has 0 nitrogen and oxygen atoms in total. The number of rotatable bonds is 3. The van der Waals surface area contributed by atoms with Crippen LogP contribution < -0.4 is 0 Å². The molecule has 0 aliphatic carbocycles. The van der Waals surface area contributed by atoms with Crippen molar-refractivity contribution in [3.63, 3.8) is 0 Å². The van der Waals surface area contributed by atoms with Crippen LogP contribution in [0.1, 0.15) is 12.0 Å². The Morgan fingerprint density at radius 3 is 2.25 bits per heavy atom. The first-order chi connectivity index (χ1) is 7.32. The maximum atomic E-state index is 12.3. The molecule has 0 radical (unpaired) electrons.